The van der Waals surface area contributed by atoms with E-state index in [2.05, 4.69) is 4.98 Å². The minimum Gasteiger partial charge on any atom is -0.490 e. The molecule has 1 aliphatic carbocycles. The van der Waals surface area contributed by atoms with Crippen molar-refractivity contribution in [2.75, 3.05) is 6.61 Å². The topological polar surface area (TPSA) is 98.3 Å². The van der Waals surface area contributed by atoms with Gasteiger partial charge in [0.1, 0.15) is 15.6 Å². The Morgan fingerprint density at radius 3 is 2.64 bits per heavy atom. The van der Waals surface area contributed by atoms with E-state index in [1.54, 1.807) is 48.6 Å². The summed E-state index contributed by atoms with van der Waals surface area (Å²) in [5.74, 6) is 0.728. The zero-order chi connectivity index (χ0) is 23.0. The van der Waals surface area contributed by atoms with Crippen LogP contribution in [0.1, 0.15) is 30.2 Å². The van der Waals surface area contributed by atoms with Crippen molar-refractivity contribution in [2.45, 2.75) is 37.5 Å². The fourth-order valence-corrected chi connectivity index (χ4v) is 6.27. The third-order valence-corrected chi connectivity index (χ3v) is 8.01. The van der Waals surface area contributed by atoms with E-state index in [1.165, 1.54) is 23.1 Å². The maximum Gasteiger partial charge on any atom is 0.339 e. The van der Waals surface area contributed by atoms with Crippen LogP contribution in [0.15, 0.2) is 58.2 Å². The number of aromatic nitrogens is 2. The Hall–Kier alpha value is -3.17. The van der Waals surface area contributed by atoms with Gasteiger partial charge in [-0.25, -0.2) is 4.98 Å². The molecule has 170 valence electrons. The molecule has 1 N–H and O–H groups in total. The highest BCUT2D eigenvalue weighted by Crippen LogP contribution is 2.36. The van der Waals surface area contributed by atoms with Gasteiger partial charge >= 0.3 is 10.1 Å². The van der Waals surface area contributed by atoms with Gasteiger partial charge < -0.3 is 13.9 Å². The molecule has 0 bridgehead atoms. The second-order valence-electron chi connectivity index (χ2n) is 7.75. The summed E-state index contributed by atoms with van der Waals surface area (Å²) in [5.41, 5.74) is 1.58. The monoisotopic (exact) mass is 482 g/mol. The number of benzene rings is 2. The first-order chi connectivity index (χ1) is 16.0. The number of aromatic amines is 1. The standard InChI is InChI=1S/C24H22N2O5S2/c1-2-30-19-14-15(12-13-18(19)31-33(28,29)16-8-4-3-5-9-16)22-25-23(27)21-17-10-6-7-11-20(17)32-24(21)26-22/h3-5,8-9,12-14H,2,6-7,10-11H2,1H3,(H,25,26,27). The molecule has 0 saturated heterocycles. The van der Waals surface area contributed by atoms with Crippen LogP contribution in [0.2, 0.25) is 0 Å². The minimum atomic E-state index is -4.02. The van der Waals surface area contributed by atoms with E-state index in [1.807, 2.05) is 0 Å². The molecule has 0 aliphatic heterocycles. The lowest BCUT2D eigenvalue weighted by Gasteiger charge is -2.13. The van der Waals surface area contributed by atoms with E-state index < -0.39 is 10.1 Å². The summed E-state index contributed by atoms with van der Waals surface area (Å²) in [6, 6.07) is 12.7. The van der Waals surface area contributed by atoms with Gasteiger partial charge in [-0.2, -0.15) is 8.42 Å². The molecule has 4 aromatic rings. The lowest BCUT2D eigenvalue weighted by atomic mass is 9.97. The summed E-state index contributed by atoms with van der Waals surface area (Å²) in [5, 5.41) is 0.692. The molecule has 2 aromatic carbocycles. The van der Waals surface area contributed by atoms with Gasteiger partial charge in [0, 0.05) is 10.4 Å². The van der Waals surface area contributed by atoms with Gasteiger partial charge in [-0.1, -0.05) is 18.2 Å². The number of H-pyrrole nitrogens is 1. The first-order valence-corrected chi connectivity index (χ1v) is 13.0. The van der Waals surface area contributed by atoms with Gasteiger partial charge in [-0.15, -0.1) is 11.3 Å². The number of nitrogens with one attached hydrogen (secondary N) is 1. The van der Waals surface area contributed by atoms with Crippen molar-refractivity contribution in [3.8, 4) is 22.9 Å². The Morgan fingerprint density at radius 2 is 1.85 bits per heavy atom. The summed E-state index contributed by atoms with van der Waals surface area (Å²) in [6.07, 6.45) is 4.12. The molecule has 1 aliphatic rings. The normalized spacial score (nSPS) is 13.6. The summed E-state index contributed by atoms with van der Waals surface area (Å²) in [6.45, 7) is 2.11. The summed E-state index contributed by atoms with van der Waals surface area (Å²) < 4.78 is 36.4. The van der Waals surface area contributed by atoms with Gasteiger partial charge in [-0.3, -0.25) is 4.79 Å². The second-order valence-corrected chi connectivity index (χ2v) is 10.4. The van der Waals surface area contributed by atoms with E-state index >= 15 is 0 Å². The lowest BCUT2D eigenvalue weighted by molar-refractivity contribution is 0.327. The molecule has 33 heavy (non-hydrogen) atoms. The van der Waals surface area contributed by atoms with Crippen LogP contribution < -0.4 is 14.5 Å². The van der Waals surface area contributed by atoms with E-state index in [0.29, 0.717) is 23.4 Å². The molecule has 0 fully saturated rings. The van der Waals surface area contributed by atoms with Gasteiger partial charge in [-0.05, 0) is 68.5 Å². The minimum absolute atomic E-state index is 0.0506. The fourth-order valence-electron chi connectivity index (χ4n) is 4.05. The molecule has 9 heteroatoms. The van der Waals surface area contributed by atoms with Crippen molar-refractivity contribution in [1.29, 1.82) is 0 Å². The highest BCUT2D eigenvalue weighted by atomic mass is 32.2. The Morgan fingerprint density at radius 1 is 1.06 bits per heavy atom. The maximum absolute atomic E-state index is 12.9. The number of hydrogen-bond acceptors (Lipinski definition) is 7. The Bertz CT molecular complexity index is 1490. The second kappa shape index (κ2) is 8.64. The van der Waals surface area contributed by atoms with Gasteiger partial charge in [0.2, 0.25) is 0 Å². The predicted octanol–water partition coefficient (Wildman–Crippen LogP) is 4.70. The molecule has 0 atom stereocenters. The van der Waals surface area contributed by atoms with E-state index in [0.717, 1.165) is 36.1 Å². The molecular weight excluding hydrogens is 460 g/mol. The lowest BCUT2D eigenvalue weighted by Crippen LogP contribution is -2.12. The molecule has 0 radical (unpaired) electrons. The summed E-state index contributed by atoms with van der Waals surface area (Å²) in [7, 11) is -4.02. The summed E-state index contributed by atoms with van der Waals surface area (Å²) in [4.78, 5) is 22.5. The number of hydrogen-bond donors (Lipinski definition) is 1. The highest BCUT2D eigenvalue weighted by molar-refractivity contribution is 7.87. The number of thiophene rings is 1. The molecule has 0 amide bonds. The maximum atomic E-state index is 12.9. The van der Waals surface area contributed by atoms with Crippen LogP contribution in [0, 0.1) is 0 Å². The number of fused-ring (bicyclic) bond motifs is 3. The van der Waals surface area contributed by atoms with Crippen LogP contribution in [0.4, 0.5) is 0 Å². The first kappa shape index (κ1) is 21.7. The van der Waals surface area contributed by atoms with Crippen LogP contribution in [-0.4, -0.2) is 25.0 Å². The van der Waals surface area contributed by atoms with Crippen molar-refractivity contribution in [3.05, 3.63) is 69.3 Å². The number of aryl methyl sites for hydroxylation is 2. The third-order valence-electron chi connectivity index (χ3n) is 5.57. The molecule has 0 saturated carbocycles. The van der Waals surface area contributed by atoms with Gasteiger partial charge in [0.15, 0.2) is 11.5 Å². The molecule has 5 rings (SSSR count). The van der Waals surface area contributed by atoms with E-state index in [4.69, 9.17) is 13.9 Å². The summed E-state index contributed by atoms with van der Waals surface area (Å²) >= 11 is 1.58. The SMILES string of the molecule is CCOc1cc(-c2nc3sc4c(c3c(=O)[nH]2)CCCC4)ccc1OS(=O)(=O)c1ccccc1. The van der Waals surface area contributed by atoms with Gasteiger partial charge in [0.05, 0.1) is 12.0 Å². The molecule has 2 aromatic heterocycles. The quantitative estimate of drug-likeness (QED) is 0.400. The number of ether oxygens (including phenoxy) is 1. The molecule has 7 nitrogen and oxygen atoms in total. The zero-order valence-electron chi connectivity index (χ0n) is 18.0. The van der Waals surface area contributed by atoms with E-state index in [9.17, 15) is 13.2 Å². The van der Waals surface area contributed by atoms with Crippen molar-refractivity contribution >= 4 is 31.7 Å². The van der Waals surface area contributed by atoms with Crippen LogP contribution in [0.3, 0.4) is 0 Å². The van der Waals surface area contributed by atoms with Crippen molar-refractivity contribution in [2.24, 2.45) is 0 Å². The largest absolute Gasteiger partial charge is 0.490 e. The van der Waals surface area contributed by atoms with Crippen molar-refractivity contribution in [1.82, 2.24) is 9.97 Å². The van der Waals surface area contributed by atoms with Crippen molar-refractivity contribution < 1.29 is 17.3 Å². The Balaban J connectivity index is 1.54. The van der Waals surface area contributed by atoms with Crippen LogP contribution >= 0.6 is 11.3 Å². The highest BCUT2D eigenvalue weighted by Gasteiger charge is 2.22. The molecule has 2 heterocycles. The zero-order valence-corrected chi connectivity index (χ0v) is 19.6. The average Bonchev–Trinajstić information content (AvgIpc) is 3.20. The van der Waals surface area contributed by atoms with Crippen LogP contribution in [0.5, 0.6) is 11.5 Å². The Kier molecular flexibility index (Phi) is 5.67. The van der Waals surface area contributed by atoms with Crippen LogP contribution in [0.25, 0.3) is 21.6 Å². The smallest absolute Gasteiger partial charge is 0.339 e. The first-order valence-electron chi connectivity index (χ1n) is 10.8. The molecule has 0 spiro atoms. The Labute approximate surface area is 195 Å². The van der Waals surface area contributed by atoms with Crippen molar-refractivity contribution in [3.63, 3.8) is 0 Å². The van der Waals surface area contributed by atoms with Gasteiger partial charge in [0.25, 0.3) is 5.56 Å². The number of nitrogens with zero attached hydrogens (tertiary/aromatic N) is 1. The average molecular weight is 483 g/mol. The number of rotatable bonds is 6. The predicted molar refractivity (Wildman–Crippen MR) is 128 cm³/mol. The van der Waals surface area contributed by atoms with Crippen LogP contribution in [-0.2, 0) is 23.0 Å². The molecule has 0 unspecified atom stereocenters. The molecular formula is C24H22N2O5S2. The fraction of sp³-hybridized carbons (Fsp3) is 0.250. The van der Waals surface area contributed by atoms with E-state index in [-0.39, 0.29) is 22.0 Å². The third kappa shape index (κ3) is 4.14.